The van der Waals surface area contributed by atoms with Crippen LogP contribution in [0.3, 0.4) is 0 Å². The molecule has 2 aromatic rings. The van der Waals surface area contributed by atoms with Gasteiger partial charge >= 0.3 is 0 Å². The Morgan fingerprint density at radius 2 is 1.88 bits per heavy atom. The van der Waals surface area contributed by atoms with Crippen molar-refractivity contribution in [1.82, 2.24) is 4.98 Å². The van der Waals surface area contributed by atoms with Crippen LogP contribution in [-0.4, -0.2) is 10.1 Å². The van der Waals surface area contributed by atoms with E-state index >= 15 is 0 Å². The lowest BCUT2D eigenvalue weighted by Gasteiger charge is -2.12. The first kappa shape index (κ1) is 10.6. The van der Waals surface area contributed by atoms with Crippen molar-refractivity contribution in [3.05, 3.63) is 59.8 Å². The molecule has 0 bridgehead atoms. The Labute approximate surface area is 94.6 Å². The number of hydrogen-bond donors (Lipinski definition) is 2. The van der Waals surface area contributed by atoms with Crippen LogP contribution in [0.15, 0.2) is 48.7 Å². The lowest BCUT2D eigenvalue weighted by Crippen LogP contribution is -2.06. The molecular weight excluding hydrogens is 200 g/mol. The number of aliphatic hydroxyl groups excluding tert-OH is 1. The van der Waals surface area contributed by atoms with E-state index in [0.29, 0.717) is 17.8 Å². The molecule has 0 spiro atoms. The summed E-state index contributed by atoms with van der Waals surface area (Å²) in [6, 6.07) is 13.4. The molecule has 0 fully saturated rings. The average molecular weight is 214 g/mol. The first-order valence-electron chi connectivity index (χ1n) is 5.20. The van der Waals surface area contributed by atoms with E-state index in [-0.39, 0.29) is 0 Å². The van der Waals surface area contributed by atoms with Crippen LogP contribution in [0, 0.1) is 0 Å². The van der Waals surface area contributed by atoms with E-state index in [9.17, 15) is 5.11 Å². The molecule has 0 saturated carbocycles. The number of rotatable bonds is 3. The molecule has 16 heavy (non-hydrogen) atoms. The first-order chi connectivity index (χ1) is 7.77. The summed E-state index contributed by atoms with van der Waals surface area (Å²) in [6.45, 7) is 0. The topological polar surface area (TPSA) is 59.1 Å². The van der Waals surface area contributed by atoms with Crippen molar-refractivity contribution >= 4 is 5.82 Å². The maximum absolute atomic E-state index is 10.0. The minimum absolute atomic E-state index is 0.394. The fourth-order valence-corrected chi connectivity index (χ4v) is 1.66. The number of benzene rings is 1. The molecule has 1 aromatic heterocycles. The molecule has 3 nitrogen and oxygen atoms in total. The second kappa shape index (κ2) is 4.77. The van der Waals surface area contributed by atoms with E-state index in [1.807, 2.05) is 30.3 Å². The zero-order valence-electron chi connectivity index (χ0n) is 8.88. The van der Waals surface area contributed by atoms with E-state index in [1.165, 1.54) is 0 Å². The molecule has 82 valence electrons. The van der Waals surface area contributed by atoms with Gasteiger partial charge in [-0.1, -0.05) is 36.4 Å². The highest BCUT2D eigenvalue weighted by Gasteiger charge is 2.11. The van der Waals surface area contributed by atoms with Crippen LogP contribution in [0.25, 0.3) is 0 Å². The fourth-order valence-electron chi connectivity index (χ4n) is 1.66. The van der Waals surface area contributed by atoms with Crippen molar-refractivity contribution in [2.75, 3.05) is 5.73 Å². The third-order valence-electron chi connectivity index (χ3n) is 2.50. The van der Waals surface area contributed by atoms with Gasteiger partial charge in [0.2, 0.25) is 0 Å². The van der Waals surface area contributed by atoms with E-state index < -0.39 is 6.10 Å². The normalized spacial score (nSPS) is 12.3. The molecule has 1 aromatic carbocycles. The van der Waals surface area contributed by atoms with Crippen LogP contribution >= 0.6 is 0 Å². The highest BCUT2D eigenvalue weighted by atomic mass is 16.3. The summed E-state index contributed by atoms with van der Waals surface area (Å²) in [4.78, 5) is 3.96. The summed E-state index contributed by atoms with van der Waals surface area (Å²) in [7, 11) is 0. The Bertz CT molecular complexity index is 456. The number of pyridine rings is 1. The highest BCUT2D eigenvalue weighted by molar-refractivity contribution is 5.40. The van der Waals surface area contributed by atoms with Gasteiger partial charge in [-0.3, -0.25) is 0 Å². The van der Waals surface area contributed by atoms with Crippen molar-refractivity contribution < 1.29 is 5.11 Å². The molecule has 0 saturated heterocycles. The van der Waals surface area contributed by atoms with Crippen LogP contribution in [0.4, 0.5) is 5.82 Å². The van der Waals surface area contributed by atoms with Crippen molar-refractivity contribution in [2.45, 2.75) is 12.5 Å². The third-order valence-corrected chi connectivity index (χ3v) is 2.50. The van der Waals surface area contributed by atoms with Gasteiger partial charge in [0, 0.05) is 18.2 Å². The minimum atomic E-state index is -0.601. The first-order valence-corrected chi connectivity index (χ1v) is 5.20. The SMILES string of the molecule is Nc1ncccc1C(O)Cc1ccccc1. The summed E-state index contributed by atoms with van der Waals surface area (Å²) < 4.78 is 0. The minimum Gasteiger partial charge on any atom is -0.388 e. The molecule has 0 aliphatic heterocycles. The second-order valence-corrected chi connectivity index (χ2v) is 3.68. The van der Waals surface area contributed by atoms with E-state index in [1.54, 1.807) is 18.3 Å². The number of nitrogen functional groups attached to an aromatic ring is 1. The van der Waals surface area contributed by atoms with Gasteiger partial charge in [-0.25, -0.2) is 4.98 Å². The molecule has 3 heteroatoms. The zero-order chi connectivity index (χ0) is 11.4. The maximum Gasteiger partial charge on any atom is 0.129 e. The molecule has 1 atom stereocenters. The predicted molar refractivity (Wildman–Crippen MR) is 63.8 cm³/mol. The molecular formula is C13H14N2O. The third kappa shape index (κ3) is 2.38. The van der Waals surface area contributed by atoms with Crippen LogP contribution in [-0.2, 0) is 6.42 Å². The van der Waals surface area contributed by atoms with Gasteiger partial charge in [0.15, 0.2) is 0 Å². The molecule has 1 heterocycles. The van der Waals surface area contributed by atoms with Crippen LogP contribution in [0.1, 0.15) is 17.2 Å². The zero-order valence-corrected chi connectivity index (χ0v) is 8.88. The van der Waals surface area contributed by atoms with Crippen molar-refractivity contribution in [2.24, 2.45) is 0 Å². The largest absolute Gasteiger partial charge is 0.388 e. The van der Waals surface area contributed by atoms with Crippen molar-refractivity contribution in [3.63, 3.8) is 0 Å². The number of hydrogen-bond acceptors (Lipinski definition) is 3. The quantitative estimate of drug-likeness (QED) is 0.820. The monoisotopic (exact) mass is 214 g/mol. The fraction of sp³-hybridized carbons (Fsp3) is 0.154. The molecule has 3 N–H and O–H groups in total. The van der Waals surface area contributed by atoms with Crippen LogP contribution in [0.2, 0.25) is 0 Å². The summed E-state index contributed by atoms with van der Waals surface area (Å²) >= 11 is 0. The van der Waals surface area contributed by atoms with Gasteiger partial charge in [0.05, 0.1) is 6.10 Å². The van der Waals surface area contributed by atoms with Gasteiger partial charge in [0.1, 0.15) is 5.82 Å². The molecule has 1 unspecified atom stereocenters. The van der Waals surface area contributed by atoms with Gasteiger partial charge < -0.3 is 10.8 Å². The Balaban J connectivity index is 2.15. The van der Waals surface area contributed by atoms with Gasteiger partial charge in [-0.2, -0.15) is 0 Å². The van der Waals surface area contributed by atoms with Crippen LogP contribution < -0.4 is 5.73 Å². The maximum atomic E-state index is 10.0. The Kier molecular flexibility index (Phi) is 3.17. The number of aliphatic hydroxyl groups is 1. The van der Waals surface area contributed by atoms with E-state index in [4.69, 9.17) is 5.73 Å². The lowest BCUT2D eigenvalue weighted by molar-refractivity contribution is 0.179. The lowest BCUT2D eigenvalue weighted by atomic mass is 10.0. The average Bonchev–Trinajstić information content (AvgIpc) is 2.31. The second-order valence-electron chi connectivity index (χ2n) is 3.68. The smallest absolute Gasteiger partial charge is 0.129 e. The standard InChI is InChI=1S/C13H14N2O/c14-13-11(7-4-8-15-13)12(16)9-10-5-2-1-3-6-10/h1-8,12,16H,9H2,(H2,14,15). The Hall–Kier alpha value is -1.87. The number of aromatic nitrogens is 1. The van der Waals surface area contributed by atoms with Gasteiger partial charge in [0.25, 0.3) is 0 Å². The highest BCUT2D eigenvalue weighted by Crippen LogP contribution is 2.21. The molecule has 2 rings (SSSR count). The summed E-state index contributed by atoms with van der Waals surface area (Å²) in [5.74, 6) is 0.394. The number of nitrogens with two attached hydrogens (primary N) is 1. The summed E-state index contributed by atoms with van der Waals surface area (Å²) in [6.07, 6.45) is 1.57. The molecule has 0 aliphatic rings. The summed E-state index contributed by atoms with van der Waals surface area (Å²) in [5, 5.41) is 10.0. The number of nitrogens with zero attached hydrogens (tertiary/aromatic N) is 1. The Morgan fingerprint density at radius 1 is 1.12 bits per heavy atom. The van der Waals surface area contributed by atoms with E-state index in [0.717, 1.165) is 5.56 Å². The van der Waals surface area contributed by atoms with Crippen molar-refractivity contribution in [1.29, 1.82) is 0 Å². The van der Waals surface area contributed by atoms with E-state index in [2.05, 4.69) is 4.98 Å². The van der Waals surface area contributed by atoms with Crippen molar-refractivity contribution in [3.8, 4) is 0 Å². The van der Waals surface area contributed by atoms with Gasteiger partial charge in [-0.05, 0) is 11.6 Å². The molecule has 0 radical (unpaired) electrons. The van der Waals surface area contributed by atoms with Gasteiger partial charge in [-0.15, -0.1) is 0 Å². The predicted octanol–water partition coefficient (Wildman–Crippen LogP) is 1.94. The molecule has 0 amide bonds. The molecule has 0 aliphatic carbocycles. The summed E-state index contributed by atoms with van der Waals surface area (Å²) in [5.41, 5.74) is 7.47. The number of anilines is 1. The Morgan fingerprint density at radius 3 is 2.56 bits per heavy atom. The van der Waals surface area contributed by atoms with Crippen LogP contribution in [0.5, 0.6) is 0 Å².